The van der Waals surface area contributed by atoms with Crippen LogP contribution in [0, 0.1) is 18.3 Å². The predicted molar refractivity (Wildman–Crippen MR) is 96.3 cm³/mol. The highest BCUT2D eigenvalue weighted by Crippen LogP contribution is 2.26. The fourth-order valence-electron chi connectivity index (χ4n) is 2.48. The first kappa shape index (κ1) is 16.3. The molecule has 120 valence electrons. The number of nitriles is 1. The van der Waals surface area contributed by atoms with Gasteiger partial charge < -0.3 is 0 Å². The molecule has 0 fully saturated rings. The van der Waals surface area contributed by atoms with Crippen LogP contribution in [-0.2, 0) is 6.42 Å². The SMILES string of the molecule is Cc1cccc(-n2c(Cc3ccccc3)nnc2S[C@@H](C)C#N)c1. The molecule has 0 aliphatic rings. The van der Waals surface area contributed by atoms with Crippen LogP contribution in [0.5, 0.6) is 0 Å². The van der Waals surface area contributed by atoms with Gasteiger partial charge in [-0.2, -0.15) is 5.26 Å². The highest BCUT2D eigenvalue weighted by Gasteiger charge is 2.17. The Balaban J connectivity index is 2.04. The molecule has 0 saturated carbocycles. The highest BCUT2D eigenvalue weighted by atomic mass is 32.2. The van der Waals surface area contributed by atoms with Crippen molar-refractivity contribution in [3.8, 4) is 11.8 Å². The van der Waals surface area contributed by atoms with Crippen molar-refractivity contribution < 1.29 is 0 Å². The lowest BCUT2D eigenvalue weighted by atomic mass is 10.1. The molecule has 0 spiro atoms. The summed E-state index contributed by atoms with van der Waals surface area (Å²) >= 11 is 1.43. The van der Waals surface area contributed by atoms with E-state index < -0.39 is 0 Å². The van der Waals surface area contributed by atoms with Crippen LogP contribution in [0.1, 0.15) is 23.9 Å². The third-order valence-corrected chi connectivity index (χ3v) is 4.56. The maximum atomic E-state index is 9.12. The molecule has 1 aromatic heterocycles. The topological polar surface area (TPSA) is 54.5 Å². The van der Waals surface area contributed by atoms with Gasteiger partial charge in [0, 0.05) is 12.1 Å². The van der Waals surface area contributed by atoms with E-state index in [9.17, 15) is 0 Å². The van der Waals surface area contributed by atoms with E-state index in [1.54, 1.807) is 0 Å². The summed E-state index contributed by atoms with van der Waals surface area (Å²) in [5.74, 6) is 0.874. The lowest BCUT2D eigenvalue weighted by Crippen LogP contribution is -2.05. The van der Waals surface area contributed by atoms with Gasteiger partial charge in [-0.1, -0.05) is 54.2 Å². The van der Waals surface area contributed by atoms with Crippen LogP contribution in [0.3, 0.4) is 0 Å². The van der Waals surface area contributed by atoms with Crippen LogP contribution in [0.25, 0.3) is 5.69 Å². The maximum Gasteiger partial charge on any atom is 0.197 e. The number of rotatable bonds is 5. The van der Waals surface area contributed by atoms with Gasteiger partial charge in [0.1, 0.15) is 5.82 Å². The number of nitrogens with zero attached hydrogens (tertiary/aromatic N) is 4. The predicted octanol–water partition coefficient (Wildman–Crippen LogP) is 4.17. The summed E-state index contributed by atoms with van der Waals surface area (Å²) in [7, 11) is 0. The molecule has 1 atom stereocenters. The molecule has 5 heteroatoms. The van der Waals surface area contributed by atoms with Gasteiger partial charge in [-0.3, -0.25) is 4.57 Å². The number of benzene rings is 2. The summed E-state index contributed by atoms with van der Waals surface area (Å²) in [5.41, 5.74) is 3.39. The molecule has 0 N–H and O–H groups in total. The first-order valence-corrected chi connectivity index (χ1v) is 8.67. The molecule has 0 unspecified atom stereocenters. The Morgan fingerprint density at radius 1 is 1.12 bits per heavy atom. The summed E-state index contributed by atoms with van der Waals surface area (Å²) < 4.78 is 2.05. The van der Waals surface area contributed by atoms with Crippen molar-refractivity contribution in [1.82, 2.24) is 14.8 Å². The molecule has 0 radical (unpaired) electrons. The molecule has 0 amide bonds. The van der Waals surface area contributed by atoms with Crippen molar-refractivity contribution in [3.05, 3.63) is 71.5 Å². The van der Waals surface area contributed by atoms with E-state index >= 15 is 0 Å². The Labute approximate surface area is 146 Å². The summed E-state index contributed by atoms with van der Waals surface area (Å²) in [4.78, 5) is 0. The molecular formula is C19H18N4S. The Kier molecular flexibility index (Phi) is 4.97. The first-order valence-electron chi connectivity index (χ1n) is 7.79. The monoisotopic (exact) mass is 334 g/mol. The van der Waals surface area contributed by atoms with Gasteiger partial charge >= 0.3 is 0 Å². The second-order valence-corrected chi connectivity index (χ2v) is 6.93. The minimum absolute atomic E-state index is 0.178. The van der Waals surface area contributed by atoms with Gasteiger partial charge in [-0.15, -0.1) is 10.2 Å². The van der Waals surface area contributed by atoms with Crippen LogP contribution < -0.4 is 0 Å². The van der Waals surface area contributed by atoms with Gasteiger partial charge in [-0.05, 0) is 37.1 Å². The van der Waals surface area contributed by atoms with Crippen molar-refractivity contribution in [3.63, 3.8) is 0 Å². The van der Waals surface area contributed by atoms with E-state index in [2.05, 4.69) is 52.0 Å². The largest absolute Gasteiger partial charge is 0.274 e. The summed E-state index contributed by atoms with van der Waals surface area (Å²) in [5, 5.41) is 18.4. The third-order valence-electron chi connectivity index (χ3n) is 3.63. The molecular weight excluding hydrogens is 316 g/mol. The van der Waals surface area contributed by atoms with Gasteiger partial charge in [0.25, 0.3) is 0 Å². The number of thioether (sulfide) groups is 1. The van der Waals surface area contributed by atoms with Gasteiger partial charge in [0.2, 0.25) is 0 Å². The molecule has 2 aromatic carbocycles. The van der Waals surface area contributed by atoms with Gasteiger partial charge in [0.05, 0.1) is 11.3 Å². The Morgan fingerprint density at radius 2 is 1.92 bits per heavy atom. The molecule has 24 heavy (non-hydrogen) atoms. The highest BCUT2D eigenvalue weighted by molar-refractivity contribution is 8.00. The number of aryl methyl sites for hydroxylation is 1. The van der Waals surface area contributed by atoms with Crippen LogP contribution in [0.15, 0.2) is 59.8 Å². The standard InChI is InChI=1S/C19H18N4S/c1-14-7-6-10-17(11-14)23-18(12-16-8-4-3-5-9-16)21-22-19(23)24-15(2)13-20/h3-11,15H,12H2,1-2H3/t15-/m0/s1. The lowest BCUT2D eigenvalue weighted by Gasteiger charge is -2.11. The number of aromatic nitrogens is 3. The second-order valence-electron chi connectivity index (χ2n) is 5.62. The van der Waals surface area contributed by atoms with E-state index in [1.807, 2.05) is 37.3 Å². The van der Waals surface area contributed by atoms with Crippen LogP contribution in [0.4, 0.5) is 0 Å². The minimum Gasteiger partial charge on any atom is -0.274 e. The van der Waals surface area contributed by atoms with E-state index in [0.29, 0.717) is 6.42 Å². The molecule has 0 saturated heterocycles. The maximum absolute atomic E-state index is 9.12. The fraction of sp³-hybridized carbons (Fsp3) is 0.211. The van der Waals surface area contributed by atoms with Crippen molar-refractivity contribution in [2.45, 2.75) is 30.7 Å². The fourth-order valence-corrected chi connectivity index (χ4v) is 3.25. The minimum atomic E-state index is -0.178. The van der Waals surface area contributed by atoms with Crippen LogP contribution >= 0.6 is 11.8 Å². The van der Waals surface area contributed by atoms with Crippen molar-refractivity contribution >= 4 is 11.8 Å². The van der Waals surface area contributed by atoms with Crippen LogP contribution in [-0.4, -0.2) is 20.0 Å². The zero-order valence-electron chi connectivity index (χ0n) is 13.7. The Hall–Kier alpha value is -2.58. The molecule has 0 bridgehead atoms. The zero-order chi connectivity index (χ0) is 16.9. The Morgan fingerprint density at radius 3 is 2.62 bits per heavy atom. The molecule has 0 aliphatic carbocycles. The zero-order valence-corrected chi connectivity index (χ0v) is 14.5. The van der Waals surface area contributed by atoms with E-state index in [-0.39, 0.29) is 5.25 Å². The molecule has 4 nitrogen and oxygen atoms in total. The average Bonchev–Trinajstić information content (AvgIpc) is 2.98. The van der Waals surface area contributed by atoms with E-state index in [1.165, 1.54) is 22.9 Å². The summed E-state index contributed by atoms with van der Waals surface area (Å²) in [6.07, 6.45) is 0.698. The van der Waals surface area contributed by atoms with Crippen molar-refractivity contribution in [1.29, 1.82) is 5.26 Å². The molecule has 1 heterocycles. The van der Waals surface area contributed by atoms with E-state index in [4.69, 9.17) is 5.26 Å². The second kappa shape index (κ2) is 7.33. The molecule has 3 aromatic rings. The normalized spacial score (nSPS) is 11.9. The van der Waals surface area contributed by atoms with E-state index in [0.717, 1.165) is 16.7 Å². The van der Waals surface area contributed by atoms with Gasteiger partial charge in [0.15, 0.2) is 5.16 Å². The number of hydrogen-bond donors (Lipinski definition) is 0. The smallest absolute Gasteiger partial charge is 0.197 e. The van der Waals surface area contributed by atoms with Gasteiger partial charge in [-0.25, -0.2) is 0 Å². The van der Waals surface area contributed by atoms with Crippen molar-refractivity contribution in [2.75, 3.05) is 0 Å². The quantitative estimate of drug-likeness (QED) is 0.657. The first-order chi connectivity index (χ1) is 11.7. The number of hydrogen-bond acceptors (Lipinski definition) is 4. The lowest BCUT2D eigenvalue weighted by molar-refractivity contribution is 0.845. The Bertz CT molecular complexity index is 865. The summed E-state index contributed by atoms with van der Waals surface area (Å²) in [6, 6.07) is 20.7. The van der Waals surface area contributed by atoms with Crippen LogP contribution in [0.2, 0.25) is 0 Å². The third kappa shape index (κ3) is 3.66. The molecule has 0 aliphatic heterocycles. The average molecular weight is 334 g/mol. The summed E-state index contributed by atoms with van der Waals surface area (Å²) in [6.45, 7) is 3.94. The molecule has 3 rings (SSSR count). The van der Waals surface area contributed by atoms with Crippen molar-refractivity contribution in [2.24, 2.45) is 0 Å².